The number of carbonyl (C=O) groups is 5. The maximum absolute atomic E-state index is 11.8. The summed E-state index contributed by atoms with van der Waals surface area (Å²) in [5.74, 6) is -3.56. The Bertz CT molecular complexity index is 498. The van der Waals surface area contributed by atoms with Gasteiger partial charge in [0, 0.05) is 12.2 Å². The Kier molecular flexibility index (Phi) is 4.95. The highest BCUT2D eigenvalue weighted by atomic mass is 16.4. The van der Waals surface area contributed by atoms with Gasteiger partial charge in [-0.25, -0.2) is 9.59 Å². The van der Waals surface area contributed by atoms with Crippen LogP contribution in [0.3, 0.4) is 0 Å². The molecule has 1 rings (SSSR count). The Labute approximate surface area is 113 Å². The van der Waals surface area contributed by atoms with Gasteiger partial charge in [-0.1, -0.05) is 6.92 Å². The van der Waals surface area contributed by atoms with Crippen molar-refractivity contribution in [1.29, 1.82) is 0 Å². The number of carboxylic acid groups (broad SMARTS) is 1. The molecule has 0 saturated carbocycles. The average Bonchev–Trinajstić information content (AvgIpc) is 2.35. The summed E-state index contributed by atoms with van der Waals surface area (Å²) in [6.07, 6.45) is 1.49. The minimum Gasteiger partial charge on any atom is -0.478 e. The second-order valence-corrected chi connectivity index (χ2v) is 3.93. The van der Waals surface area contributed by atoms with E-state index in [0.717, 1.165) is 4.90 Å². The van der Waals surface area contributed by atoms with Gasteiger partial charge in [-0.15, -0.1) is 0 Å². The molecule has 0 aliphatic carbocycles. The van der Waals surface area contributed by atoms with Gasteiger partial charge in [-0.2, -0.15) is 0 Å². The molecule has 0 spiro atoms. The van der Waals surface area contributed by atoms with Crippen molar-refractivity contribution in [3.8, 4) is 0 Å². The number of piperazine rings is 1. The Hall–Kier alpha value is -2.71. The van der Waals surface area contributed by atoms with Crippen LogP contribution in [0.4, 0.5) is 4.79 Å². The van der Waals surface area contributed by atoms with Gasteiger partial charge < -0.3 is 10.0 Å². The molecule has 0 aromatic rings. The van der Waals surface area contributed by atoms with Crippen LogP contribution in [-0.4, -0.2) is 52.3 Å². The Balaban J connectivity index is 2.74. The minimum atomic E-state index is -1.34. The molecule has 1 unspecified atom stereocenters. The SMILES string of the molecule is CCC1C(=O)NC(=O)CN1C(=O)NC(=O)C=CC(=O)O. The third-order valence-electron chi connectivity index (χ3n) is 2.51. The molecule has 1 fully saturated rings. The van der Waals surface area contributed by atoms with Crippen LogP contribution in [0.15, 0.2) is 12.2 Å². The number of rotatable bonds is 3. The van der Waals surface area contributed by atoms with Gasteiger partial charge >= 0.3 is 12.0 Å². The second-order valence-electron chi connectivity index (χ2n) is 3.93. The second kappa shape index (κ2) is 6.45. The van der Waals surface area contributed by atoms with Gasteiger partial charge in [0.2, 0.25) is 11.8 Å². The molecule has 0 aromatic heterocycles. The van der Waals surface area contributed by atoms with Gasteiger partial charge in [0.15, 0.2) is 0 Å². The summed E-state index contributed by atoms with van der Waals surface area (Å²) < 4.78 is 0. The van der Waals surface area contributed by atoms with E-state index in [1.54, 1.807) is 6.92 Å². The van der Waals surface area contributed by atoms with Gasteiger partial charge in [0.25, 0.3) is 5.91 Å². The molecule has 1 heterocycles. The molecule has 9 heteroatoms. The third kappa shape index (κ3) is 3.90. The molecule has 1 aliphatic heterocycles. The molecule has 9 nitrogen and oxygen atoms in total. The van der Waals surface area contributed by atoms with E-state index in [2.05, 4.69) is 5.32 Å². The molecule has 1 saturated heterocycles. The molecule has 0 bridgehead atoms. The molecule has 1 aliphatic rings. The smallest absolute Gasteiger partial charge is 0.328 e. The Morgan fingerprint density at radius 2 is 2.05 bits per heavy atom. The quantitative estimate of drug-likeness (QED) is 0.431. The van der Waals surface area contributed by atoms with Crippen LogP contribution in [-0.2, 0) is 19.2 Å². The number of carbonyl (C=O) groups excluding carboxylic acids is 4. The molecule has 1 atom stereocenters. The van der Waals surface area contributed by atoms with Gasteiger partial charge in [-0.05, 0) is 6.42 Å². The van der Waals surface area contributed by atoms with E-state index < -0.39 is 35.8 Å². The first kappa shape index (κ1) is 15.3. The largest absolute Gasteiger partial charge is 0.478 e. The number of amides is 5. The molecular formula is C11H13N3O6. The fraction of sp³-hybridized carbons (Fsp3) is 0.364. The van der Waals surface area contributed by atoms with Crippen LogP contribution in [0, 0.1) is 0 Å². The summed E-state index contributed by atoms with van der Waals surface area (Å²) >= 11 is 0. The lowest BCUT2D eigenvalue weighted by atomic mass is 10.1. The number of imide groups is 2. The molecule has 0 aromatic carbocycles. The highest BCUT2D eigenvalue weighted by molar-refractivity contribution is 6.07. The first-order chi connectivity index (χ1) is 9.35. The first-order valence-corrected chi connectivity index (χ1v) is 5.71. The normalized spacial score (nSPS) is 18.9. The number of hydrogen-bond acceptors (Lipinski definition) is 5. The Morgan fingerprint density at radius 3 is 2.60 bits per heavy atom. The predicted octanol–water partition coefficient (Wildman–Crippen LogP) is -1.40. The lowest BCUT2D eigenvalue weighted by Crippen LogP contribution is -2.61. The summed E-state index contributed by atoms with van der Waals surface area (Å²) in [6.45, 7) is 1.29. The predicted molar refractivity (Wildman–Crippen MR) is 64.2 cm³/mol. The molecule has 5 amide bonds. The number of urea groups is 1. The molecule has 20 heavy (non-hydrogen) atoms. The number of hydrogen-bond donors (Lipinski definition) is 3. The number of nitrogens with one attached hydrogen (secondary N) is 2. The van der Waals surface area contributed by atoms with Crippen LogP contribution in [0.5, 0.6) is 0 Å². The van der Waals surface area contributed by atoms with Crippen molar-refractivity contribution < 1.29 is 29.1 Å². The van der Waals surface area contributed by atoms with Gasteiger partial charge in [0.1, 0.15) is 12.6 Å². The fourth-order valence-electron chi connectivity index (χ4n) is 1.65. The minimum absolute atomic E-state index is 0.270. The Morgan fingerprint density at radius 1 is 1.40 bits per heavy atom. The zero-order chi connectivity index (χ0) is 15.3. The van der Waals surface area contributed by atoms with E-state index in [1.165, 1.54) is 0 Å². The topological polar surface area (TPSA) is 133 Å². The van der Waals surface area contributed by atoms with Crippen LogP contribution in [0.1, 0.15) is 13.3 Å². The summed E-state index contributed by atoms with van der Waals surface area (Å²) in [5.41, 5.74) is 0. The van der Waals surface area contributed by atoms with Crippen molar-refractivity contribution in [3.05, 3.63) is 12.2 Å². The van der Waals surface area contributed by atoms with E-state index >= 15 is 0 Å². The monoisotopic (exact) mass is 283 g/mol. The molecule has 0 radical (unpaired) electrons. The molecule has 108 valence electrons. The van der Waals surface area contributed by atoms with Crippen LogP contribution >= 0.6 is 0 Å². The van der Waals surface area contributed by atoms with Crippen LogP contribution < -0.4 is 10.6 Å². The number of carboxylic acids is 1. The zero-order valence-electron chi connectivity index (χ0n) is 10.6. The van der Waals surface area contributed by atoms with Crippen LogP contribution in [0.25, 0.3) is 0 Å². The van der Waals surface area contributed by atoms with E-state index in [0.29, 0.717) is 12.2 Å². The van der Waals surface area contributed by atoms with Crippen LogP contribution in [0.2, 0.25) is 0 Å². The van der Waals surface area contributed by atoms with Crippen molar-refractivity contribution in [2.45, 2.75) is 19.4 Å². The van der Waals surface area contributed by atoms with Crippen molar-refractivity contribution >= 4 is 29.7 Å². The van der Waals surface area contributed by atoms with E-state index in [-0.39, 0.29) is 13.0 Å². The van der Waals surface area contributed by atoms with Crippen molar-refractivity contribution in [1.82, 2.24) is 15.5 Å². The zero-order valence-corrected chi connectivity index (χ0v) is 10.6. The van der Waals surface area contributed by atoms with Gasteiger partial charge in [-0.3, -0.25) is 25.0 Å². The van der Waals surface area contributed by atoms with E-state index in [1.807, 2.05) is 5.32 Å². The number of aliphatic carboxylic acids is 1. The third-order valence-corrected chi connectivity index (χ3v) is 2.51. The maximum Gasteiger partial charge on any atom is 0.328 e. The summed E-state index contributed by atoms with van der Waals surface area (Å²) in [4.78, 5) is 56.9. The first-order valence-electron chi connectivity index (χ1n) is 5.71. The van der Waals surface area contributed by atoms with E-state index in [9.17, 15) is 24.0 Å². The van der Waals surface area contributed by atoms with Crippen molar-refractivity contribution in [3.63, 3.8) is 0 Å². The van der Waals surface area contributed by atoms with Crippen molar-refractivity contribution in [2.24, 2.45) is 0 Å². The number of nitrogens with zero attached hydrogens (tertiary/aromatic N) is 1. The summed E-state index contributed by atoms with van der Waals surface area (Å²) in [7, 11) is 0. The lowest BCUT2D eigenvalue weighted by Gasteiger charge is -2.32. The van der Waals surface area contributed by atoms with Crippen molar-refractivity contribution in [2.75, 3.05) is 6.54 Å². The molecular weight excluding hydrogens is 270 g/mol. The summed E-state index contributed by atoms with van der Waals surface area (Å²) in [5, 5.41) is 12.3. The van der Waals surface area contributed by atoms with Gasteiger partial charge in [0.05, 0.1) is 0 Å². The lowest BCUT2D eigenvalue weighted by molar-refractivity contribution is -0.138. The maximum atomic E-state index is 11.8. The van der Waals surface area contributed by atoms with E-state index in [4.69, 9.17) is 5.11 Å². The standard InChI is InChI=1S/C11H13N3O6/c1-2-6-10(19)12-8(16)5-14(6)11(20)13-7(15)3-4-9(17)18/h3-4,6H,2,5H2,1H3,(H,17,18)(H,12,16,19)(H,13,15,20). The molecule has 3 N–H and O–H groups in total. The fourth-order valence-corrected chi connectivity index (χ4v) is 1.65. The highest BCUT2D eigenvalue weighted by Gasteiger charge is 2.35. The average molecular weight is 283 g/mol. The summed E-state index contributed by atoms with van der Waals surface area (Å²) in [6, 6.07) is -1.79. The highest BCUT2D eigenvalue weighted by Crippen LogP contribution is 2.09.